The molecule has 0 aromatic rings. The van der Waals surface area contributed by atoms with Crippen LogP contribution in [0.3, 0.4) is 0 Å². The number of rotatable bonds is 3. The van der Waals surface area contributed by atoms with E-state index in [1.807, 2.05) is 0 Å². The molecular weight excluding hydrogens is 196 g/mol. The van der Waals surface area contributed by atoms with Crippen molar-refractivity contribution in [2.75, 3.05) is 32.7 Å². The summed E-state index contributed by atoms with van der Waals surface area (Å²) in [5.74, 6) is 3.29. The molecule has 1 aliphatic carbocycles. The highest BCUT2D eigenvalue weighted by Gasteiger charge is 2.55. The molecule has 2 heteroatoms. The van der Waals surface area contributed by atoms with Crippen LogP contribution in [0.25, 0.3) is 0 Å². The average Bonchev–Trinajstić information content (AvgIpc) is 2.81. The van der Waals surface area contributed by atoms with E-state index in [0.717, 1.165) is 23.8 Å². The van der Waals surface area contributed by atoms with Gasteiger partial charge in [-0.2, -0.15) is 0 Å². The Kier molecular flexibility index (Phi) is 2.97. The summed E-state index contributed by atoms with van der Waals surface area (Å²) in [6.07, 6.45) is 4.27. The molecule has 16 heavy (non-hydrogen) atoms. The highest BCUT2D eigenvalue weighted by Crippen LogP contribution is 2.54. The Morgan fingerprint density at radius 3 is 2.12 bits per heavy atom. The Bertz CT molecular complexity index is 231. The third-order valence-electron chi connectivity index (χ3n) is 5.39. The van der Waals surface area contributed by atoms with Crippen LogP contribution in [0.1, 0.15) is 33.1 Å². The van der Waals surface area contributed by atoms with Gasteiger partial charge in [0.15, 0.2) is 0 Å². The van der Waals surface area contributed by atoms with Crippen molar-refractivity contribution < 1.29 is 0 Å². The van der Waals surface area contributed by atoms with E-state index in [2.05, 4.69) is 23.6 Å². The fourth-order valence-corrected chi connectivity index (χ4v) is 4.19. The second kappa shape index (κ2) is 4.30. The van der Waals surface area contributed by atoms with E-state index in [1.165, 1.54) is 52.0 Å². The number of fused-ring (bicyclic) bond motifs is 1. The van der Waals surface area contributed by atoms with Gasteiger partial charge >= 0.3 is 0 Å². The molecule has 1 saturated carbocycles. The van der Waals surface area contributed by atoms with E-state index in [0.29, 0.717) is 0 Å². The number of nitrogens with zero attached hydrogens (tertiary/aromatic N) is 2. The zero-order valence-electron chi connectivity index (χ0n) is 10.9. The molecule has 2 aliphatic heterocycles. The zero-order valence-corrected chi connectivity index (χ0v) is 10.9. The van der Waals surface area contributed by atoms with Crippen LogP contribution < -0.4 is 0 Å². The molecule has 2 nitrogen and oxygen atoms in total. The van der Waals surface area contributed by atoms with Crippen molar-refractivity contribution in [2.24, 2.45) is 17.8 Å². The predicted molar refractivity (Wildman–Crippen MR) is 67.5 cm³/mol. The topological polar surface area (TPSA) is 6.48 Å². The van der Waals surface area contributed by atoms with Crippen LogP contribution in [0.15, 0.2) is 0 Å². The fourth-order valence-electron chi connectivity index (χ4n) is 4.19. The predicted octanol–water partition coefficient (Wildman–Crippen LogP) is 2.06. The monoisotopic (exact) mass is 222 g/mol. The lowest BCUT2D eigenvalue weighted by atomic mass is 10.0. The van der Waals surface area contributed by atoms with Gasteiger partial charge < -0.3 is 4.90 Å². The minimum atomic E-state index is 0.924. The van der Waals surface area contributed by atoms with Gasteiger partial charge in [0, 0.05) is 19.1 Å². The van der Waals surface area contributed by atoms with Gasteiger partial charge in [-0.05, 0) is 50.2 Å². The number of likely N-dealkylation sites (tertiary alicyclic amines) is 2. The lowest BCUT2D eigenvalue weighted by Gasteiger charge is -2.37. The second-order valence-electron chi connectivity index (χ2n) is 6.02. The molecule has 3 aliphatic rings. The Labute approximate surface area is 100.0 Å². The largest absolute Gasteiger partial charge is 0.303 e. The second-order valence-corrected chi connectivity index (χ2v) is 6.02. The van der Waals surface area contributed by atoms with E-state index in [4.69, 9.17) is 0 Å². The summed E-state index contributed by atoms with van der Waals surface area (Å²) in [6.45, 7) is 11.4. The van der Waals surface area contributed by atoms with Gasteiger partial charge in [-0.15, -0.1) is 0 Å². The Hall–Kier alpha value is -0.0800. The maximum absolute atomic E-state index is 2.81. The van der Waals surface area contributed by atoms with E-state index in [-0.39, 0.29) is 0 Å². The molecule has 0 radical (unpaired) electrons. The third kappa shape index (κ3) is 1.80. The SMILES string of the molecule is CCC1C2CN(C3CCN(CC)CC3)CC12. The van der Waals surface area contributed by atoms with Crippen molar-refractivity contribution in [1.82, 2.24) is 9.80 Å². The van der Waals surface area contributed by atoms with Crippen LogP contribution in [0.2, 0.25) is 0 Å². The maximum Gasteiger partial charge on any atom is 0.0120 e. The lowest BCUT2D eigenvalue weighted by Crippen LogP contribution is -2.44. The molecule has 0 aromatic heterocycles. The molecule has 2 heterocycles. The van der Waals surface area contributed by atoms with Gasteiger partial charge in [0.2, 0.25) is 0 Å². The summed E-state index contributed by atoms with van der Waals surface area (Å²) >= 11 is 0. The first-order valence-electron chi connectivity index (χ1n) is 7.29. The summed E-state index contributed by atoms with van der Waals surface area (Å²) in [7, 11) is 0. The number of hydrogen-bond acceptors (Lipinski definition) is 2. The average molecular weight is 222 g/mol. The summed E-state index contributed by atoms with van der Waals surface area (Å²) in [5.41, 5.74) is 0. The number of piperidine rings is 2. The minimum Gasteiger partial charge on any atom is -0.303 e. The third-order valence-corrected chi connectivity index (χ3v) is 5.39. The van der Waals surface area contributed by atoms with Gasteiger partial charge in [-0.3, -0.25) is 4.90 Å². The van der Waals surface area contributed by atoms with Crippen molar-refractivity contribution in [2.45, 2.75) is 39.2 Å². The standard InChI is InChI=1S/C14H26N2/c1-3-12-13-9-16(10-14(12)13)11-5-7-15(4-2)8-6-11/h11-14H,3-10H2,1-2H3. The normalized spacial score (nSPS) is 41.2. The quantitative estimate of drug-likeness (QED) is 0.721. The molecule has 2 unspecified atom stereocenters. The molecule has 0 bridgehead atoms. The molecule has 0 spiro atoms. The van der Waals surface area contributed by atoms with Gasteiger partial charge in [-0.25, -0.2) is 0 Å². The molecule has 92 valence electrons. The first-order chi connectivity index (χ1) is 7.83. The first kappa shape index (κ1) is 11.0. The van der Waals surface area contributed by atoms with Crippen molar-refractivity contribution in [3.05, 3.63) is 0 Å². The first-order valence-corrected chi connectivity index (χ1v) is 7.29. The summed E-state index contributed by atoms with van der Waals surface area (Å²) in [6, 6.07) is 0.924. The van der Waals surface area contributed by atoms with Crippen molar-refractivity contribution >= 4 is 0 Å². The zero-order chi connectivity index (χ0) is 11.1. The highest BCUT2D eigenvalue weighted by atomic mass is 15.2. The van der Waals surface area contributed by atoms with Gasteiger partial charge in [0.25, 0.3) is 0 Å². The van der Waals surface area contributed by atoms with Crippen LogP contribution in [-0.4, -0.2) is 48.6 Å². The lowest BCUT2D eigenvalue weighted by molar-refractivity contribution is 0.117. The Morgan fingerprint density at radius 2 is 1.62 bits per heavy atom. The maximum atomic E-state index is 2.81. The van der Waals surface area contributed by atoms with E-state index >= 15 is 0 Å². The van der Waals surface area contributed by atoms with Crippen molar-refractivity contribution in [3.63, 3.8) is 0 Å². The molecule has 2 saturated heterocycles. The van der Waals surface area contributed by atoms with Gasteiger partial charge in [0.05, 0.1) is 0 Å². The van der Waals surface area contributed by atoms with Gasteiger partial charge in [0.1, 0.15) is 0 Å². The molecule has 0 amide bonds. The van der Waals surface area contributed by atoms with Crippen molar-refractivity contribution in [3.8, 4) is 0 Å². The highest BCUT2D eigenvalue weighted by molar-refractivity contribution is 5.05. The van der Waals surface area contributed by atoms with Crippen LogP contribution >= 0.6 is 0 Å². The van der Waals surface area contributed by atoms with Gasteiger partial charge in [-0.1, -0.05) is 20.3 Å². The molecule has 2 atom stereocenters. The van der Waals surface area contributed by atoms with Crippen LogP contribution in [0.5, 0.6) is 0 Å². The molecule has 0 aromatic carbocycles. The van der Waals surface area contributed by atoms with E-state index in [1.54, 1.807) is 0 Å². The summed E-state index contributed by atoms with van der Waals surface area (Å²) in [5, 5.41) is 0. The van der Waals surface area contributed by atoms with Crippen LogP contribution in [-0.2, 0) is 0 Å². The minimum absolute atomic E-state index is 0.924. The van der Waals surface area contributed by atoms with Crippen molar-refractivity contribution in [1.29, 1.82) is 0 Å². The fraction of sp³-hybridized carbons (Fsp3) is 1.00. The molecule has 3 fully saturated rings. The van der Waals surface area contributed by atoms with E-state index in [9.17, 15) is 0 Å². The smallest absolute Gasteiger partial charge is 0.0120 e. The summed E-state index contributed by atoms with van der Waals surface area (Å²) in [4.78, 5) is 5.41. The molecular formula is C14H26N2. The number of hydrogen-bond donors (Lipinski definition) is 0. The molecule has 3 rings (SSSR count). The Morgan fingerprint density at radius 1 is 1.00 bits per heavy atom. The van der Waals surface area contributed by atoms with E-state index < -0.39 is 0 Å². The molecule has 0 N–H and O–H groups in total. The summed E-state index contributed by atoms with van der Waals surface area (Å²) < 4.78 is 0. The Balaban J connectivity index is 1.47. The van der Waals surface area contributed by atoms with Crippen LogP contribution in [0, 0.1) is 17.8 Å². The van der Waals surface area contributed by atoms with Crippen LogP contribution in [0.4, 0.5) is 0 Å².